The van der Waals surface area contributed by atoms with Gasteiger partial charge in [-0.25, -0.2) is 9.97 Å². The molecule has 0 aliphatic rings. The Bertz CT molecular complexity index is 593. The SMILES string of the molecule is CCCNc1cc(C(=O)NCCc2nccn2C)ccn1. The fourth-order valence-electron chi connectivity index (χ4n) is 1.95. The number of anilines is 1. The van der Waals surface area contributed by atoms with Crippen LogP contribution in [0.1, 0.15) is 29.5 Å². The van der Waals surface area contributed by atoms with Gasteiger partial charge < -0.3 is 15.2 Å². The standard InChI is InChI=1S/C15H21N5O/c1-3-6-16-13-11-12(4-7-17-13)15(21)19-8-5-14-18-9-10-20(14)2/h4,7,9-11H,3,5-6,8H2,1-2H3,(H,16,17)(H,19,21). The fourth-order valence-corrected chi connectivity index (χ4v) is 1.95. The van der Waals surface area contributed by atoms with Crippen molar-refractivity contribution in [1.82, 2.24) is 19.9 Å². The molecule has 2 aromatic heterocycles. The van der Waals surface area contributed by atoms with Crippen molar-refractivity contribution in [2.24, 2.45) is 7.05 Å². The number of carbonyl (C=O) groups is 1. The first kappa shape index (κ1) is 15.0. The van der Waals surface area contributed by atoms with Crippen LogP contribution in [0.3, 0.4) is 0 Å². The number of hydrogen-bond donors (Lipinski definition) is 2. The van der Waals surface area contributed by atoms with E-state index >= 15 is 0 Å². The van der Waals surface area contributed by atoms with Gasteiger partial charge in [0.15, 0.2) is 0 Å². The fraction of sp³-hybridized carbons (Fsp3) is 0.400. The van der Waals surface area contributed by atoms with Crippen molar-refractivity contribution in [1.29, 1.82) is 0 Å². The van der Waals surface area contributed by atoms with Crippen LogP contribution in [0.25, 0.3) is 0 Å². The number of aryl methyl sites for hydroxylation is 1. The summed E-state index contributed by atoms with van der Waals surface area (Å²) in [7, 11) is 1.94. The summed E-state index contributed by atoms with van der Waals surface area (Å²) in [6.07, 6.45) is 7.02. The van der Waals surface area contributed by atoms with Crippen LogP contribution in [0, 0.1) is 0 Å². The van der Waals surface area contributed by atoms with E-state index < -0.39 is 0 Å². The van der Waals surface area contributed by atoms with Gasteiger partial charge in [0, 0.05) is 50.7 Å². The van der Waals surface area contributed by atoms with Gasteiger partial charge in [-0.15, -0.1) is 0 Å². The second-order valence-corrected chi connectivity index (χ2v) is 4.82. The molecule has 0 unspecified atom stereocenters. The van der Waals surface area contributed by atoms with Crippen molar-refractivity contribution in [3.8, 4) is 0 Å². The van der Waals surface area contributed by atoms with E-state index in [0.717, 1.165) is 24.6 Å². The van der Waals surface area contributed by atoms with Crippen LogP contribution in [0.2, 0.25) is 0 Å². The molecule has 0 saturated heterocycles. The lowest BCUT2D eigenvalue weighted by molar-refractivity contribution is 0.0954. The minimum absolute atomic E-state index is 0.0915. The number of carbonyl (C=O) groups excluding carboxylic acids is 1. The molecule has 0 fully saturated rings. The number of aromatic nitrogens is 3. The molecule has 0 aliphatic heterocycles. The van der Waals surface area contributed by atoms with Crippen LogP contribution < -0.4 is 10.6 Å². The normalized spacial score (nSPS) is 10.4. The highest BCUT2D eigenvalue weighted by atomic mass is 16.1. The van der Waals surface area contributed by atoms with Crippen LogP contribution in [-0.2, 0) is 13.5 Å². The van der Waals surface area contributed by atoms with Crippen LogP contribution in [-0.4, -0.2) is 33.5 Å². The summed E-state index contributed by atoms with van der Waals surface area (Å²) in [5.74, 6) is 1.59. The zero-order valence-corrected chi connectivity index (χ0v) is 12.5. The van der Waals surface area contributed by atoms with Crippen LogP contribution in [0.15, 0.2) is 30.7 Å². The number of nitrogens with one attached hydrogen (secondary N) is 2. The third kappa shape index (κ3) is 4.30. The predicted molar refractivity (Wildman–Crippen MR) is 82.3 cm³/mol. The first-order chi connectivity index (χ1) is 10.2. The van der Waals surface area contributed by atoms with E-state index in [2.05, 4.69) is 27.5 Å². The Kier molecular flexibility index (Phi) is 5.31. The van der Waals surface area contributed by atoms with Gasteiger partial charge in [-0.3, -0.25) is 4.79 Å². The van der Waals surface area contributed by atoms with E-state index in [0.29, 0.717) is 18.5 Å². The van der Waals surface area contributed by atoms with Crippen molar-refractivity contribution in [3.05, 3.63) is 42.1 Å². The molecule has 21 heavy (non-hydrogen) atoms. The number of nitrogens with zero attached hydrogens (tertiary/aromatic N) is 3. The zero-order valence-electron chi connectivity index (χ0n) is 12.5. The minimum Gasteiger partial charge on any atom is -0.370 e. The number of imidazole rings is 1. The summed E-state index contributed by atoms with van der Waals surface area (Å²) in [6, 6.07) is 3.49. The molecule has 0 bridgehead atoms. The van der Waals surface area contributed by atoms with E-state index in [-0.39, 0.29) is 5.91 Å². The molecule has 6 heteroatoms. The van der Waals surface area contributed by atoms with Gasteiger partial charge in [-0.1, -0.05) is 6.92 Å². The van der Waals surface area contributed by atoms with Crippen molar-refractivity contribution < 1.29 is 4.79 Å². The van der Waals surface area contributed by atoms with Gasteiger partial charge in [0.25, 0.3) is 5.91 Å². The topological polar surface area (TPSA) is 71.8 Å². The van der Waals surface area contributed by atoms with Crippen LogP contribution >= 0.6 is 0 Å². The van der Waals surface area contributed by atoms with E-state index in [1.165, 1.54) is 0 Å². The van der Waals surface area contributed by atoms with Crippen LogP contribution in [0.5, 0.6) is 0 Å². The molecule has 112 valence electrons. The third-order valence-electron chi connectivity index (χ3n) is 3.13. The Morgan fingerprint density at radius 1 is 1.29 bits per heavy atom. The summed E-state index contributed by atoms with van der Waals surface area (Å²) in [6.45, 7) is 3.49. The van der Waals surface area contributed by atoms with Gasteiger partial charge >= 0.3 is 0 Å². The van der Waals surface area contributed by atoms with Gasteiger partial charge in [-0.05, 0) is 18.6 Å². The molecule has 0 aliphatic carbocycles. The number of rotatable bonds is 7. The quantitative estimate of drug-likeness (QED) is 0.811. The molecule has 0 saturated carbocycles. The minimum atomic E-state index is -0.0915. The van der Waals surface area contributed by atoms with Crippen molar-refractivity contribution in [3.63, 3.8) is 0 Å². The molecule has 0 atom stereocenters. The summed E-state index contributed by atoms with van der Waals surface area (Å²) in [4.78, 5) is 20.5. The highest BCUT2D eigenvalue weighted by Gasteiger charge is 2.07. The Labute approximate surface area is 124 Å². The van der Waals surface area contributed by atoms with Gasteiger partial charge in [0.1, 0.15) is 11.6 Å². The molecule has 2 aromatic rings. The maximum absolute atomic E-state index is 12.1. The van der Waals surface area contributed by atoms with Gasteiger partial charge in [-0.2, -0.15) is 0 Å². The number of hydrogen-bond acceptors (Lipinski definition) is 4. The summed E-state index contributed by atoms with van der Waals surface area (Å²) in [5.41, 5.74) is 0.614. The Balaban J connectivity index is 1.86. The van der Waals surface area contributed by atoms with Crippen molar-refractivity contribution in [2.75, 3.05) is 18.4 Å². The van der Waals surface area contributed by atoms with Gasteiger partial charge in [0.2, 0.25) is 0 Å². The van der Waals surface area contributed by atoms with E-state index in [4.69, 9.17) is 0 Å². The Morgan fingerprint density at radius 3 is 2.86 bits per heavy atom. The lowest BCUT2D eigenvalue weighted by atomic mass is 10.2. The second kappa shape index (κ2) is 7.42. The summed E-state index contributed by atoms with van der Waals surface area (Å²) in [5, 5.41) is 6.07. The monoisotopic (exact) mass is 287 g/mol. The number of pyridine rings is 1. The lowest BCUT2D eigenvalue weighted by Gasteiger charge is -2.07. The molecule has 0 radical (unpaired) electrons. The van der Waals surface area contributed by atoms with E-state index in [1.807, 2.05) is 17.8 Å². The van der Waals surface area contributed by atoms with Crippen molar-refractivity contribution in [2.45, 2.75) is 19.8 Å². The van der Waals surface area contributed by atoms with E-state index in [9.17, 15) is 4.79 Å². The third-order valence-corrected chi connectivity index (χ3v) is 3.13. The van der Waals surface area contributed by atoms with Gasteiger partial charge in [0.05, 0.1) is 0 Å². The molecule has 0 aromatic carbocycles. The molecule has 2 N–H and O–H groups in total. The second-order valence-electron chi connectivity index (χ2n) is 4.82. The first-order valence-corrected chi connectivity index (χ1v) is 7.15. The van der Waals surface area contributed by atoms with E-state index in [1.54, 1.807) is 24.5 Å². The number of amides is 1. The highest BCUT2D eigenvalue weighted by Crippen LogP contribution is 2.06. The smallest absolute Gasteiger partial charge is 0.251 e. The molecular formula is C15H21N5O. The Hall–Kier alpha value is -2.37. The first-order valence-electron chi connectivity index (χ1n) is 7.15. The maximum Gasteiger partial charge on any atom is 0.251 e. The van der Waals surface area contributed by atoms with Crippen molar-refractivity contribution >= 4 is 11.7 Å². The molecule has 0 spiro atoms. The zero-order chi connectivity index (χ0) is 15.1. The summed E-state index contributed by atoms with van der Waals surface area (Å²) >= 11 is 0. The van der Waals surface area contributed by atoms with Crippen LogP contribution in [0.4, 0.5) is 5.82 Å². The highest BCUT2D eigenvalue weighted by molar-refractivity contribution is 5.94. The largest absolute Gasteiger partial charge is 0.370 e. The molecule has 6 nitrogen and oxygen atoms in total. The average Bonchev–Trinajstić information content (AvgIpc) is 2.91. The summed E-state index contributed by atoms with van der Waals surface area (Å²) < 4.78 is 1.95. The average molecular weight is 287 g/mol. The molecule has 2 heterocycles. The molecule has 2 rings (SSSR count). The maximum atomic E-state index is 12.1. The molecular weight excluding hydrogens is 266 g/mol. The Morgan fingerprint density at radius 2 is 2.14 bits per heavy atom. The predicted octanol–water partition coefficient (Wildman–Crippen LogP) is 1.61. The lowest BCUT2D eigenvalue weighted by Crippen LogP contribution is -2.26. The molecule has 1 amide bonds.